The van der Waals surface area contributed by atoms with Crippen LogP contribution in [0, 0.1) is 5.92 Å². The summed E-state index contributed by atoms with van der Waals surface area (Å²) in [5.74, 6) is 0.444. The molecule has 1 aromatic carbocycles. The molecule has 0 aliphatic rings. The molecule has 0 aromatic heterocycles. The number of rotatable bonds is 6. The summed E-state index contributed by atoms with van der Waals surface area (Å²) < 4.78 is 37.3. The van der Waals surface area contributed by atoms with Crippen molar-refractivity contribution in [2.75, 3.05) is 6.54 Å². The Balaban J connectivity index is 2.62. The summed E-state index contributed by atoms with van der Waals surface area (Å²) in [7, 11) is 0. The highest BCUT2D eigenvalue weighted by atomic mass is 19.4. The first-order valence-corrected chi connectivity index (χ1v) is 6.84. The number of hydrogen-bond donors (Lipinski definition) is 2. The van der Waals surface area contributed by atoms with Gasteiger partial charge in [0.15, 0.2) is 0 Å². The molecule has 0 aliphatic heterocycles. The van der Waals surface area contributed by atoms with Gasteiger partial charge in [0, 0.05) is 12.6 Å². The topological polar surface area (TPSA) is 32.3 Å². The molecule has 5 heteroatoms. The summed E-state index contributed by atoms with van der Waals surface area (Å²) >= 11 is 0. The summed E-state index contributed by atoms with van der Waals surface area (Å²) in [5.41, 5.74) is -0.209. The van der Waals surface area contributed by atoms with Crippen LogP contribution in [0.3, 0.4) is 0 Å². The van der Waals surface area contributed by atoms with E-state index in [0.29, 0.717) is 24.1 Å². The fourth-order valence-corrected chi connectivity index (χ4v) is 2.13. The predicted molar refractivity (Wildman–Crippen MR) is 73.3 cm³/mol. The van der Waals surface area contributed by atoms with Crippen LogP contribution in [0.5, 0.6) is 0 Å². The smallest absolute Gasteiger partial charge is 0.387 e. The molecule has 0 radical (unpaired) electrons. The number of halogens is 3. The molecule has 2 N–H and O–H groups in total. The number of aliphatic hydroxyl groups excluding tert-OH is 1. The second kappa shape index (κ2) is 7.09. The van der Waals surface area contributed by atoms with Gasteiger partial charge in [-0.3, -0.25) is 0 Å². The lowest BCUT2D eigenvalue weighted by molar-refractivity contribution is -0.137. The zero-order valence-electron chi connectivity index (χ0n) is 12.0. The molecule has 0 saturated heterocycles. The second-order valence-electron chi connectivity index (χ2n) is 5.30. The second-order valence-corrected chi connectivity index (χ2v) is 5.30. The number of benzene rings is 1. The third kappa shape index (κ3) is 4.80. The monoisotopic (exact) mass is 289 g/mol. The van der Waals surface area contributed by atoms with Crippen LogP contribution < -0.4 is 5.32 Å². The van der Waals surface area contributed by atoms with Crippen LogP contribution in [0.15, 0.2) is 24.3 Å². The van der Waals surface area contributed by atoms with Crippen LogP contribution in [0.25, 0.3) is 0 Å². The van der Waals surface area contributed by atoms with Crippen molar-refractivity contribution in [1.29, 1.82) is 0 Å². The van der Waals surface area contributed by atoms with Gasteiger partial charge in [-0.25, -0.2) is 0 Å². The van der Waals surface area contributed by atoms with Crippen molar-refractivity contribution >= 4 is 0 Å². The number of alkyl halides is 3. The van der Waals surface area contributed by atoms with E-state index in [4.69, 9.17) is 0 Å². The van der Waals surface area contributed by atoms with Gasteiger partial charge in [0.1, 0.15) is 0 Å². The van der Waals surface area contributed by atoms with E-state index in [2.05, 4.69) is 26.1 Å². The van der Waals surface area contributed by atoms with Crippen LogP contribution in [0.4, 0.5) is 13.2 Å². The van der Waals surface area contributed by atoms with E-state index in [9.17, 15) is 18.3 Å². The first-order valence-electron chi connectivity index (χ1n) is 6.84. The van der Waals surface area contributed by atoms with Crippen LogP contribution in [0.1, 0.15) is 44.4 Å². The molecule has 2 atom stereocenters. The van der Waals surface area contributed by atoms with Crippen molar-refractivity contribution in [2.24, 2.45) is 5.92 Å². The van der Waals surface area contributed by atoms with Crippen LogP contribution >= 0.6 is 0 Å². The highest BCUT2D eigenvalue weighted by Crippen LogP contribution is 2.29. The van der Waals surface area contributed by atoms with E-state index in [1.807, 2.05) is 0 Å². The summed E-state index contributed by atoms with van der Waals surface area (Å²) in [4.78, 5) is 0. The maximum absolute atomic E-state index is 12.4. The average molecular weight is 289 g/mol. The molecular formula is C15H22F3NO. The average Bonchev–Trinajstić information content (AvgIpc) is 2.38. The molecule has 0 spiro atoms. The molecule has 0 bridgehead atoms. The van der Waals surface area contributed by atoms with Crippen LogP contribution in [-0.2, 0) is 6.18 Å². The zero-order valence-corrected chi connectivity index (χ0v) is 12.0. The molecule has 0 saturated carbocycles. The van der Waals surface area contributed by atoms with Gasteiger partial charge in [0.2, 0.25) is 0 Å². The minimum atomic E-state index is -4.34. The van der Waals surface area contributed by atoms with Crippen molar-refractivity contribution in [3.8, 4) is 0 Å². The van der Waals surface area contributed by atoms with E-state index in [0.717, 1.165) is 18.6 Å². The maximum atomic E-state index is 12.4. The van der Waals surface area contributed by atoms with Crippen LogP contribution in [0.2, 0.25) is 0 Å². The molecule has 20 heavy (non-hydrogen) atoms. The van der Waals surface area contributed by atoms with Gasteiger partial charge in [-0.1, -0.05) is 32.9 Å². The maximum Gasteiger partial charge on any atom is 0.416 e. The van der Waals surface area contributed by atoms with E-state index < -0.39 is 17.8 Å². The first-order chi connectivity index (χ1) is 9.25. The minimum Gasteiger partial charge on any atom is -0.387 e. The van der Waals surface area contributed by atoms with Crippen molar-refractivity contribution in [3.63, 3.8) is 0 Å². The van der Waals surface area contributed by atoms with Gasteiger partial charge in [-0.05, 0) is 30.0 Å². The number of aliphatic hydroxyl groups is 1. The fraction of sp³-hybridized carbons (Fsp3) is 0.600. The largest absolute Gasteiger partial charge is 0.416 e. The lowest BCUT2D eigenvalue weighted by Gasteiger charge is -2.23. The molecule has 0 heterocycles. The highest BCUT2D eigenvalue weighted by molar-refractivity contribution is 5.26. The molecule has 1 aromatic rings. The lowest BCUT2D eigenvalue weighted by Crippen LogP contribution is -2.36. The quantitative estimate of drug-likeness (QED) is 0.835. The molecule has 0 aliphatic carbocycles. The van der Waals surface area contributed by atoms with E-state index in [1.165, 1.54) is 12.1 Å². The first kappa shape index (κ1) is 17.0. The minimum absolute atomic E-state index is 0.291. The third-order valence-corrected chi connectivity index (χ3v) is 3.44. The van der Waals surface area contributed by atoms with E-state index in [1.54, 1.807) is 0 Å². The van der Waals surface area contributed by atoms with Crippen molar-refractivity contribution in [1.82, 2.24) is 5.32 Å². The Hall–Kier alpha value is -1.07. The Labute approximate surface area is 118 Å². The molecule has 2 unspecified atom stereocenters. The van der Waals surface area contributed by atoms with Gasteiger partial charge in [0.05, 0.1) is 11.7 Å². The highest BCUT2D eigenvalue weighted by Gasteiger charge is 2.30. The standard InChI is InChI=1S/C15H22F3NO/c1-4-13(10(2)3)19-9-14(20)11-5-7-12(8-6-11)15(16,17)18/h5-8,10,13-14,19-20H,4,9H2,1-3H3. The molecule has 0 fully saturated rings. The molecule has 0 amide bonds. The molecule has 114 valence electrons. The summed E-state index contributed by atoms with van der Waals surface area (Å²) in [6.07, 6.45) is -4.20. The Bertz CT molecular complexity index is 401. The molecule has 1 rings (SSSR count). The Morgan fingerprint density at radius 1 is 1.15 bits per heavy atom. The Kier molecular flexibility index (Phi) is 6.02. The van der Waals surface area contributed by atoms with Gasteiger partial charge in [0.25, 0.3) is 0 Å². The fourth-order valence-electron chi connectivity index (χ4n) is 2.13. The Morgan fingerprint density at radius 2 is 1.70 bits per heavy atom. The Morgan fingerprint density at radius 3 is 2.10 bits per heavy atom. The number of hydrogen-bond acceptors (Lipinski definition) is 2. The summed E-state index contributed by atoms with van der Waals surface area (Å²) in [6.45, 7) is 6.57. The third-order valence-electron chi connectivity index (χ3n) is 3.44. The van der Waals surface area contributed by atoms with Gasteiger partial charge in [-0.15, -0.1) is 0 Å². The normalized spacial score (nSPS) is 15.4. The van der Waals surface area contributed by atoms with Gasteiger partial charge in [-0.2, -0.15) is 13.2 Å². The van der Waals surface area contributed by atoms with Crippen molar-refractivity contribution in [2.45, 2.75) is 45.5 Å². The summed E-state index contributed by atoms with van der Waals surface area (Å²) in [6, 6.07) is 4.94. The van der Waals surface area contributed by atoms with Crippen LogP contribution in [-0.4, -0.2) is 17.7 Å². The zero-order chi connectivity index (χ0) is 15.3. The lowest BCUT2D eigenvalue weighted by atomic mass is 10.0. The number of nitrogens with one attached hydrogen (secondary N) is 1. The van der Waals surface area contributed by atoms with Gasteiger partial charge < -0.3 is 10.4 Å². The van der Waals surface area contributed by atoms with E-state index in [-0.39, 0.29) is 0 Å². The van der Waals surface area contributed by atoms with Crippen molar-refractivity contribution in [3.05, 3.63) is 35.4 Å². The SMILES string of the molecule is CCC(NCC(O)c1ccc(C(F)(F)F)cc1)C(C)C. The molecule has 2 nitrogen and oxygen atoms in total. The summed E-state index contributed by atoms with van der Waals surface area (Å²) in [5, 5.41) is 13.2. The van der Waals surface area contributed by atoms with E-state index >= 15 is 0 Å². The molecular weight excluding hydrogens is 267 g/mol. The van der Waals surface area contributed by atoms with Crippen molar-refractivity contribution < 1.29 is 18.3 Å². The predicted octanol–water partition coefficient (Wildman–Crippen LogP) is 3.76. The van der Waals surface area contributed by atoms with Gasteiger partial charge >= 0.3 is 6.18 Å².